The zero-order valence-corrected chi connectivity index (χ0v) is 11.8. The van der Waals surface area contributed by atoms with Gasteiger partial charge in [0.2, 0.25) is 0 Å². The number of rotatable bonds is 4. The molecule has 0 fully saturated rings. The predicted molar refractivity (Wildman–Crippen MR) is 71.3 cm³/mol. The first kappa shape index (κ1) is 13.0. The molecule has 1 aliphatic rings. The van der Waals surface area contributed by atoms with Crippen LogP contribution in [0.15, 0.2) is 0 Å². The van der Waals surface area contributed by atoms with Gasteiger partial charge < -0.3 is 10.5 Å². The Morgan fingerprint density at radius 1 is 1.53 bits per heavy atom. The molecule has 0 saturated heterocycles. The molecule has 1 heterocycles. The van der Waals surface area contributed by atoms with Crippen molar-refractivity contribution in [2.45, 2.75) is 45.6 Å². The maximum atomic E-state index is 6.24. The number of fused-ring (bicyclic) bond motifs is 1. The zero-order valence-electron chi connectivity index (χ0n) is 11.0. The monoisotopic (exact) mass is 254 g/mol. The van der Waals surface area contributed by atoms with Crippen molar-refractivity contribution in [2.24, 2.45) is 11.1 Å². The van der Waals surface area contributed by atoms with Gasteiger partial charge in [0, 0.05) is 31.1 Å². The molecule has 17 heavy (non-hydrogen) atoms. The molecule has 0 aromatic carbocycles. The smallest absolute Gasteiger partial charge is 0.0932 e. The Labute approximate surface area is 107 Å². The molecule has 1 aromatic heterocycles. The Kier molecular flexibility index (Phi) is 3.85. The lowest BCUT2D eigenvalue weighted by molar-refractivity contribution is 0.195. The summed E-state index contributed by atoms with van der Waals surface area (Å²) in [6.45, 7) is 5.36. The van der Waals surface area contributed by atoms with E-state index in [-0.39, 0.29) is 6.04 Å². The Morgan fingerprint density at radius 3 is 3.00 bits per heavy atom. The minimum atomic E-state index is 0.183. The molecule has 4 heteroatoms. The third-order valence-electron chi connectivity index (χ3n) is 3.27. The first-order valence-electron chi connectivity index (χ1n) is 6.25. The first-order chi connectivity index (χ1) is 8.02. The van der Waals surface area contributed by atoms with E-state index in [0.29, 0.717) is 5.41 Å². The maximum absolute atomic E-state index is 6.24. The molecule has 1 aromatic rings. The molecule has 3 nitrogen and oxygen atoms in total. The third kappa shape index (κ3) is 3.06. The van der Waals surface area contributed by atoms with Gasteiger partial charge >= 0.3 is 0 Å². The highest BCUT2D eigenvalue weighted by Gasteiger charge is 2.32. The molecule has 1 aliphatic carbocycles. The van der Waals surface area contributed by atoms with Crippen molar-refractivity contribution in [1.82, 2.24) is 4.98 Å². The standard InChI is InChI=1S/C13H22N2OS/c1-13(2)7-9(14)12-10(8-13)15-11(17-12)5-4-6-16-3/h9H,4-8,14H2,1-3H3. The van der Waals surface area contributed by atoms with Crippen LogP contribution in [0, 0.1) is 5.41 Å². The molecule has 0 saturated carbocycles. The van der Waals surface area contributed by atoms with Gasteiger partial charge in [-0.1, -0.05) is 13.8 Å². The van der Waals surface area contributed by atoms with Gasteiger partial charge in [-0.15, -0.1) is 11.3 Å². The van der Waals surface area contributed by atoms with E-state index >= 15 is 0 Å². The second-order valence-corrected chi connectivity index (χ2v) is 6.78. The lowest BCUT2D eigenvalue weighted by Gasteiger charge is -2.32. The quantitative estimate of drug-likeness (QED) is 0.840. The molecule has 1 unspecified atom stereocenters. The minimum Gasteiger partial charge on any atom is -0.385 e. The summed E-state index contributed by atoms with van der Waals surface area (Å²) in [5.41, 5.74) is 7.77. The average Bonchev–Trinajstić information content (AvgIpc) is 2.59. The molecular weight excluding hydrogens is 232 g/mol. The molecule has 96 valence electrons. The van der Waals surface area contributed by atoms with Gasteiger partial charge in [-0.2, -0.15) is 0 Å². The number of hydrogen-bond donors (Lipinski definition) is 1. The fourth-order valence-corrected chi connectivity index (χ4v) is 3.65. The Hall–Kier alpha value is -0.450. The Bertz CT molecular complexity index is 387. The SMILES string of the molecule is COCCCc1nc2c(s1)C(N)CC(C)(C)C2. The molecule has 0 bridgehead atoms. The number of aromatic nitrogens is 1. The van der Waals surface area contributed by atoms with Gasteiger partial charge in [0.15, 0.2) is 0 Å². The Morgan fingerprint density at radius 2 is 2.29 bits per heavy atom. The predicted octanol–water partition coefficient (Wildman–Crippen LogP) is 2.69. The van der Waals surface area contributed by atoms with Gasteiger partial charge in [0.25, 0.3) is 0 Å². The molecule has 0 amide bonds. The van der Waals surface area contributed by atoms with E-state index in [1.807, 2.05) is 0 Å². The summed E-state index contributed by atoms with van der Waals surface area (Å²) >= 11 is 1.80. The van der Waals surface area contributed by atoms with E-state index in [2.05, 4.69) is 13.8 Å². The summed E-state index contributed by atoms with van der Waals surface area (Å²) in [4.78, 5) is 6.07. The van der Waals surface area contributed by atoms with E-state index in [4.69, 9.17) is 15.5 Å². The summed E-state index contributed by atoms with van der Waals surface area (Å²) in [6.07, 6.45) is 4.19. The molecule has 0 radical (unpaired) electrons. The van der Waals surface area contributed by atoms with Crippen molar-refractivity contribution in [3.05, 3.63) is 15.6 Å². The number of ether oxygens (including phenoxy) is 1. The lowest BCUT2D eigenvalue weighted by atomic mass is 9.77. The van der Waals surface area contributed by atoms with Crippen LogP contribution in [0.1, 0.15) is 48.3 Å². The second-order valence-electron chi connectivity index (χ2n) is 5.67. The molecule has 2 rings (SSSR count). The van der Waals surface area contributed by atoms with Crippen LogP contribution in [0.4, 0.5) is 0 Å². The first-order valence-corrected chi connectivity index (χ1v) is 7.06. The number of nitrogens with zero attached hydrogens (tertiary/aromatic N) is 1. The van der Waals surface area contributed by atoms with E-state index < -0.39 is 0 Å². The van der Waals surface area contributed by atoms with Crippen molar-refractivity contribution in [2.75, 3.05) is 13.7 Å². The lowest BCUT2D eigenvalue weighted by Crippen LogP contribution is -2.28. The van der Waals surface area contributed by atoms with E-state index in [1.165, 1.54) is 15.6 Å². The van der Waals surface area contributed by atoms with Crippen LogP contribution in [-0.4, -0.2) is 18.7 Å². The van der Waals surface area contributed by atoms with E-state index in [9.17, 15) is 0 Å². The number of aryl methyl sites for hydroxylation is 1. The highest BCUT2D eigenvalue weighted by Crippen LogP contribution is 2.41. The molecule has 1 atom stereocenters. The van der Waals surface area contributed by atoms with Crippen molar-refractivity contribution < 1.29 is 4.74 Å². The van der Waals surface area contributed by atoms with Gasteiger partial charge in [-0.05, 0) is 24.7 Å². The van der Waals surface area contributed by atoms with Crippen LogP contribution in [0.3, 0.4) is 0 Å². The van der Waals surface area contributed by atoms with Gasteiger partial charge in [-0.3, -0.25) is 0 Å². The topological polar surface area (TPSA) is 48.1 Å². The second kappa shape index (κ2) is 5.04. The zero-order chi connectivity index (χ0) is 12.5. The van der Waals surface area contributed by atoms with E-state index in [0.717, 1.165) is 32.3 Å². The summed E-state index contributed by atoms with van der Waals surface area (Å²) in [5, 5.41) is 1.22. The van der Waals surface area contributed by atoms with Crippen LogP contribution in [0.5, 0.6) is 0 Å². The average molecular weight is 254 g/mol. The molecular formula is C13H22N2OS. The van der Waals surface area contributed by atoms with Crippen molar-refractivity contribution >= 4 is 11.3 Å². The van der Waals surface area contributed by atoms with E-state index in [1.54, 1.807) is 18.4 Å². The van der Waals surface area contributed by atoms with Crippen molar-refractivity contribution in [1.29, 1.82) is 0 Å². The van der Waals surface area contributed by atoms with Gasteiger partial charge in [-0.25, -0.2) is 4.98 Å². The van der Waals surface area contributed by atoms with Crippen LogP contribution < -0.4 is 5.73 Å². The Balaban J connectivity index is 2.10. The summed E-state index contributed by atoms with van der Waals surface area (Å²) in [5.74, 6) is 0. The van der Waals surface area contributed by atoms with Crippen LogP contribution in [0.2, 0.25) is 0 Å². The van der Waals surface area contributed by atoms with Crippen LogP contribution in [-0.2, 0) is 17.6 Å². The number of nitrogens with two attached hydrogens (primary N) is 1. The summed E-state index contributed by atoms with van der Waals surface area (Å²) < 4.78 is 5.07. The fourth-order valence-electron chi connectivity index (χ4n) is 2.52. The fraction of sp³-hybridized carbons (Fsp3) is 0.769. The highest BCUT2D eigenvalue weighted by atomic mass is 32.1. The molecule has 0 spiro atoms. The molecule has 0 aliphatic heterocycles. The van der Waals surface area contributed by atoms with Gasteiger partial charge in [0.05, 0.1) is 10.7 Å². The summed E-state index contributed by atoms with van der Waals surface area (Å²) in [6, 6.07) is 0.183. The number of thiazole rings is 1. The third-order valence-corrected chi connectivity index (χ3v) is 4.56. The van der Waals surface area contributed by atoms with Crippen molar-refractivity contribution in [3.63, 3.8) is 0 Å². The minimum absolute atomic E-state index is 0.183. The largest absolute Gasteiger partial charge is 0.385 e. The highest BCUT2D eigenvalue weighted by molar-refractivity contribution is 7.11. The summed E-state index contributed by atoms with van der Waals surface area (Å²) in [7, 11) is 1.74. The van der Waals surface area contributed by atoms with Crippen molar-refractivity contribution in [3.8, 4) is 0 Å². The number of hydrogen-bond acceptors (Lipinski definition) is 4. The van der Waals surface area contributed by atoms with Gasteiger partial charge in [0.1, 0.15) is 0 Å². The van der Waals surface area contributed by atoms with Crippen LogP contribution >= 0.6 is 11.3 Å². The number of methoxy groups -OCH3 is 1. The maximum Gasteiger partial charge on any atom is 0.0932 e. The molecule has 2 N–H and O–H groups in total. The van der Waals surface area contributed by atoms with Crippen LogP contribution in [0.25, 0.3) is 0 Å². The normalized spacial score (nSPS) is 22.5.